The van der Waals surface area contributed by atoms with Crippen molar-refractivity contribution in [2.45, 2.75) is 39.3 Å². The largest absolute Gasteiger partial charge is 0.353 e. The van der Waals surface area contributed by atoms with Gasteiger partial charge in [0.05, 0.1) is 0 Å². The van der Waals surface area contributed by atoms with E-state index in [2.05, 4.69) is 84.8 Å². The minimum absolute atomic E-state index is 0.130. The fourth-order valence-corrected chi connectivity index (χ4v) is 5.05. The van der Waals surface area contributed by atoms with E-state index in [0.717, 1.165) is 31.7 Å². The Morgan fingerprint density at radius 2 is 1.72 bits per heavy atom. The van der Waals surface area contributed by atoms with Crippen molar-refractivity contribution in [3.63, 3.8) is 0 Å². The predicted molar refractivity (Wildman–Crippen MR) is 131 cm³/mol. The monoisotopic (exact) mass is 429 g/mol. The summed E-state index contributed by atoms with van der Waals surface area (Å²) < 4.78 is 2.20. The Hall–Kier alpha value is -2.85. The molecule has 0 bridgehead atoms. The number of rotatable bonds is 7. The first-order valence-corrected chi connectivity index (χ1v) is 11.7. The summed E-state index contributed by atoms with van der Waals surface area (Å²) in [6.07, 6.45) is 2.11. The topological polar surface area (TPSA) is 28.5 Å². The van der Waals surface area contributed by atoms with Crippen molar-refractivity contribution in [3.8, 4) is 0 Å². The highest BCUT2D eigenvalue weighted by Gasteiger charge is 2.37. The number of benzene rings is 2. The first-order valence-electron chi connectivity index (χ1n) is 11.7. The van der Waals surface area contributed by atoms with Crippen molar-refractivity contribution in [1.29, 1.82) is 0 Å². The molecule has 0 saturated carbocycles. The van der Waals surface area contributed by atoms with Crippen LogP contribution in [0.3, 0.4) is 0 Å². The van der Waals surface area contributed by atoms with Crippen LogP contribution in [0.4, 0.5) is 0 Å². The molecule has 0 unspecified atom stereocenters. The van der Waals surface area contributed by atoms with Crippen LogP contribution in [-0.2, 0) is 13.6 Å². The molecule has 2 aromatic carbocycles. The van der Waals surface area contributed by atoms with E-state index < -0.39 is 0 Å². The smallest absolute Gasteiger partial charge is 0.254 e. The number of hydrogen-bond donors (Lipinski definition) is 0. The van der Waals surface area contributed by atoms with E-state index in [9.17, 15) is 4.79 Å². The molecule has 1 aliphatic heterocycles. The highest BCUT2D eigenvalue weighted by molar-refractivity contribution is 5.94. The van der Waals surface area contributed by atoms with Crippen LogP contribution < -0.4 is 0 Å². The molecule has 4 heteroatoms. The van der Waals surface area contributed by atoms with Crippen molar-refractivity contribution >= 4 is 5.91 Å². The van der Waals surface area contributed by atoms with Crippen LogP contribution in [0.1, 0.15) is 46.9 Å². The van der Waals surface area contributed by atoms with Crippen molar-refractivity contribution in [2.24, 2.45) is 13.0 Å². The Bertz CT molecular complexity index is 1040. The van der Waals surface area contributed by atoms with Gasteiger partial charge in [-0.1, -0.05) is 42.5 Å². The van der Waals surface area contributed by atoms with Gasteiger partial charge in [0, 0.05) is 62.6 Å². The molecule has 32 heavy (non-hydrogen) atoms. The third-order valence-electron chi connectivity index (χ3n) is 6.88. The maximum absolute atomic E-state index is 13.4. The molecule has 0 radical (unpaired) electrons. The zero-order valence-electron chi connectivity index (χ0n) is 19.7. The van der Waals surface area contributed by atoms with Crippen molar-refractivity contribution < 1.29 is 4.79 Å². The lowest BCUT2D eigenvalue weighted by Crippen LogP contribution is -2.42. The average molecular weight is 430 g/mol. The number of nitrogens with zero attached hydrogens (tertiary/aromatic N) is 3. The van der Waals surface area contributed by atoms with Gasteiger partial charge in [-0.05, 0) is 62.1 Å². The number of aromatic nitrogens is 1. The summed E-state index contributed by atoms with van der Waals surface area (Å²) in [4.78, 5) is 18.0. The quantitative estimate of drug-likeness (QED) is 0.523. The molecular formula is C28H35N3O. The summed E-state index contributed by atoms with van der Waals surface area (Å²) in [5.41, 5.74) is 4.86. The van der Waals surface area contributed by atoms with Gasteiger partial charge in [-0.15, -0.1) is 0 Å². The molecule has 0 spiro atoms. The van der Waals surface area contributed by atoms with Crippen LogP contribution in [0.25, 0.3) is 0 Å². The maximum Gasteiger partial charge on any atom is 0.254 e. The van der Waals surface area contributed by atoms with Gasteiger partial charge in [-0.3, -0.25) is 9.69 Å². The van der Waals surface area contributed by atoms with Gasteiger partial charge >= 0.3 is 0 Å². The Balaban J connectivity index is 1.59. The first kappa shape index (κ1) is 22.3. The minimum atomic E-state index is 0.130. The molecule has 2 atom stereocenters. The highest BCUT2D eigenvalue weighted by Crippen LogP contribution is 2.36. The van der Waals surface area contributed by atoms with Crippen molar-refractivity contribution in [3.05, 3.63) is 95.3 Å². The summed E-state index contributed by atoms with van der Waals surface area (Å²) in [6, 6.07) is 22.9. The van der Waals surface area contributed by atoms with E-state index in [1.807, 2.05) is 30.3 Å². The van der Waals surface area contributed by atoms with Gasteiger partial charge in [0.1, 0.15) is 0 Å². The van der Waals surface area contributed by atoms with Crippen LogP contribution in [0.15, 0.2) is 72.9 Å². The van der Waals surface area contributed by atoms with Gasteiger partial charge in [0.2, 0.25) is 0 Å². The second kappa shape index (κ2) is 9.74. The SMILES string of the molecule is Cc1ccccc1[C@H]1CN(Cc2cccn2C)C[C@H]1CN(C(=O)c1ccccc1)C(C)C. The van der Waals surface area contributed by atoms with E-state index in [4.69, 9.17) is 0 Å². The van der Waals surface area contributed by atoms with Gasteiger partial charge in [0.25, 0.3) is 5.91 Å². The normalized spacial score (nSPS) is 18.9. The highest BCUT2D eigenvalue weighted by atomic mass is 16.2. The number of amides is 1. The van der Waals surface area contributed by atoms with E-state index in [1.165, 1.54) is 16.8 Å². The second-order valence-electron chi connectivity index (χ2n) is 9.44. The predicted octanol–water partition coefficient (Wildman–Crippen LogP) is 5.10. The van der Waals surface area contributed by atoms with Gasteiger partial charge in [-0.25, -0.2) is 0 Å². The molecule has 0 N–H and O–H groups in total. The van der Waals surface area contributed by atoms with Crippen LogP contribution in [-0.4, -0.2) is 46.0 Å². The zero-order valence-corrected chi connectivity index (χ0v) is 19.7. The van der Waals surface area contributed by atoms with Crippen LogP contribution in [0.2, 0.25) is 0 Å². The lowest BCUT2D eigenvalue weighted by atomic mass is 9.86. The molecule has 4 rings (SSSR count). The van der Waals surface area contributed by atoms with Crippen LogP contribution in [0.5, 0.6) is 0 Å². The van der Waals surface area contributed by atoms with E-state index in [1.54, 1.807) is 0 Å². The second-order valence-corrected chi connectivity index (χ2v) is 9.44. The molecule has 1 aliphatic rings. The summed E-state index contributed by atoms with van der Waals surface area (Å²) >= 11 is 0. The molecule has 1 aromatic heterocycles. The average Bonchev–Trinajstić information content (AvgIpc) is 3.38. The summed E-state index contributed by atoms with van der Waals surface area (Å²) in [5.74, 6) is 0.942. The minimum Gasteiger partial charge on any atom is -0.353 e. The summed E-state index contributed by atoms with van der Waals surface area (Å²) in [7, 11) is 2.11. The summed E-state index contributed by atoms with van der Waals surface area (Å²) in [5, 5.41) is 0. The third-order valence-corrected chi connectivity index (χ3v) is 6.88. The molecule has 1 saturated heterocycles. The third kappa shape index (κ3) is 4.81. The van der Waals surface area contributed by atoms with Crippen molar-refractivity contribution in [2.75, 3.05) is 19.6 Å². The molecular weight excluding hydrogens is 394 g/mol. The number of aryl methyl sites for hydroxylation is 2. The molecule has 0 aliphatic carbocycles. The van der Waals surface area contributed by atoms with Crippen molar-refractivity contribution in [1.82, 2.24) is 14.4 Å². The number of carbonyl (C=O) groups is 1. The fraction of sp³-hybridized carbons (Fsp3) is 0.393. The molecule has 2 heterocycles. The summed E-state index contributed by atoms with van der Waals surface area (Å²) in [6.45, 7) is 10.2. The molecule has 3 aromatic rings. The van der Waals surface area contributed by atoms with E-state index in [-0.39, 0.29) is 11.9 Å². The van der Waals surface area contributed by atoms with Crippen LogP contribution >= 0.6 is 0 Å². The Kier molecular flexibility index (Phi) is 6.80. The molecule has 1 fully saturated rings. The van der Waals surface area contributed by atoms with E-state index in [0.29, 0.717) is 11.8 Å². The van der Waals surface area contributed by atoms with Gasteiger partial charge < -0.3 is 9.47 Å². The lowest BCUT2D eigenvalue weighted by Gasteiger charge is -2.32. The Labute approximate surface area is 192 Å². The maximum atomic E-state index is 13.4. The van der Waals surface area contributed by atoms with E-state index >= 15 is 0 Å². The fourth-order valence-electron chi connectivity index (χ4n) is 5.05. The van der Waals surface area contributed by atoms with Crippen LogP contribution in [0, 0.1) is 12.8 Å². The Morgan fingerprint density at radius 1 is 1.00 bits per heavy atom. The molecule has 4 nitrogen and oxygen atoms in total. The molecule has 168 valence electrons. The zero-order chi connectivity index (χ0) is 22.7. The number of hydrogen-bond acceptors (Lipinski definition) is 2. The first-order chi connectivity index (χ1) is 15.4. The van der Waals surface area contributed by atoms with Gasteiger partial charge in [0.15, 0.2) is 0 Å². The standard InChI is InChI=1S/C28H35N3O/c1-21(2)31(28(32)23-12-6-5-7-13-23)18-24-17-30(19-25-14-10-16-29(25)4)20-27(24)26-15-9-8-11-22(26)3/h5-16,21,24,27H,17-20H2,1-4H3/t24-,27-/m0/s1. The number of likely N-dealkylation sites (tertiary alicyclic amines) is 1. The number of carbonyl (C=O) groups excluding carboxylic acids is 1. The lowest BCUT2D eigenvalue weighted by molar-refractivity contribution is 0.0668. The molecule has 1 amide bonds. The van der Waals surface area contributed by atoms with Gasteiger partial charge in [-0.2, -0.15) is 0 Å². The Morgan fingerprint density at radius 3 is 2.38 bits per heavy atom.